The number of hydrogen-bond donors (Lipinski definition) is 1. The van der Waals surface area contributed by atoms with Crippen molar-refractivity contribution in [3.8, 4) is 11.3 Å². The van der Waals surface area contributed by atoms with Crippen LogP contribution in [0.4, 0.5) is 18.9 Å². The van der Waals surface area contributed by atoms with Crippen molar-refractivity contribution < 1.29 is 22.4 Å². The summed E-state index contributed by atoms with van der Waals surface area (Å²) in [5.74, 6) is -2.36. The van der Waals surface area contributed by atoms with Crippen LogP contribution in [0.15, 0.2) is 57.7 Å². The number of rotatable bonds is 2. The van der Waals surface area contributed by atoms with Crippen LogP contribution >= 0.6 is 0 Å². The number of hydrogen-bond acceptors (Lipinski definition) is 3. The van der Waals surface area contributed by atoms with Gasteiger partial charge >= 0.3 is 12.1 Å². The van der Waals surface area contributed by atoms with E-state index < -0.39 is 23.2 Å². The van der Waals surface area contributed by atoms with Crippen molar-refractivity contribution in [2.75, 3.05) is 5.32 Å². The largest absolute Gasteiger partial charge is 0.471 e. The lowest BCUT2D eigenvalue weighted by molar-refractivity contribution is -0.167. The van der Waals surface area contributed by atoms with Gasteiger partial charge in [-0.25, -0.2) is 0 Å². The van der Waals surface area contributed by atoms with Gasteiger partial charge in [0.2, 0.25) is 5.43 Å². The Bertz CT molecular complexity index is 1000. The highest BCUT2D eigenvalue weighted by molar-refractivity contribution is 5.99. The van der Waals surface area contributed by atoms with Crippen LogP contribution in [0, 0.1) is 6.92 Å². The molecular weight excluding hydrogens is 335 g/mol. The van der Waals surface area contributed by atoms with E-state index in [1.807, 2.05) is 6.92 Å². The number of benzene rings is 2. The molecule has 0 bridgehead atoms. The molecule has 0 aliphatic rings. The van der Waals surface area contributed by atoms with Crippen LogP contribution in [0.3, 0.4) is 0 Å². The molecule has 0 fully saturated rings. The third-order valence-electron chi connectivity index (χ3n) is 3.61. The van der Waals surface area contributed by atoms with Crippen molar-refractivity contribution in [3.63, 3.8) is 0 Å². The zero-order valence-electron chi connectivity index (χ0n) is 13.0. The van der Waals surface area contributed by atoms with Crippen LogP contribution in [0.5, 0.6) is 0 Å². The molecule has 0 atom stereocenters. The molecule has 25 heavy (non-hydrogen) atoms. The van der Waals surface area contributed by atoms with Crippen molar-refractivity contribution in [1.29, 1.82) is 0 Å². The third-order valence-corrected chi connectivity index (χ3v) is 3.61. The summed E-state index contributed by atoms with van der Waals surface area (Å²) in [6.07, 6.45) is -5.12. The Balaban J connectivity index is 2.26. The SMILES string of the molecule is Cc1ccc(-c2oc3ccccc3c(=O)c2NC(=O)C(F)(F)F)cc1. The summed E-state index contributed by atoms with van der Waals surface area (Å²) < 4.78 is 43.5. The van der Waals surface area contributed by atoms with Crippen molar-refractivity contribution in [2.45, 2.75) is 13.1 Å². The molecule has 1 amide bonds. The molecule has 1 aromatic heterocycles. The molecule has 0 saturated heterocycles. The molecule has 128 valence electrons. The zero-order valence-corrected chi connectivity index (χ0v) is 13.0. The maximum Gasteiger partial charge on any atom is 0.471 e. The van der Waals surface area contributed by atoms with Crippen LogP contribution in [-0.4, -0.2) is 12.1 Å². The second kappa shape index (κ2) is 6.08. The van der Waals surface area contributed by atoms with Gasteiger partial charge in [0.1, 0.15) is 11.3 Å². The van der Waals surface area contributed by atoms with E-state index in [0.29, 0.717) is 5.56 Å². The molecule has 0 unspecified atom stereocenters. The smallest absolute Gasteiger partial charge is 0.454 e. The van der Waals surface area contributed by atoms with Crippen LogP contribution in [-0.2, 0) is 4.79 Å². The summed E-state index contributed by atoms with van der Waals surface area (Å²) in [5.41, 5.74) is 0.242. The lowest BCUT2D eigenvalue weighted by Crippen LogP contribution is -2.32. The predicted molar refractivity (Wildman–Crippen MR) is 87.3 cm³/mol. The summed E-state index contributed by atoms with van der Waals surface area (Å²) in [7, 11) is 0. The van der Waals surface area contributed by atoms with Gasteiger partial charge in [0.05, 0.1) is 5.39 Å². The number of anilines is 1. The molecule has 0 saturated carbocycles. The maximum atomic E-state index is 12.6. The van der Waals surface area contributed by atoms with Crippen molar-refractivity contribution in [2.24, 2.45) is 0 Å². The lowest BCUT2D eigenvalue weighted by atomic mass is 10.1. The molecule has 0 aliphatic heterocycles. The second-order valence-corrected chi connectivity index (χ2v) is 5.45. The second-order valence-electron chi connectivity index (χ2n) is 5.45. The number of nitrogens with one attached hydrogen (secondary N) is 1. The minimum Gasteiger partial charge on any atom is -0.454 e. The minimum absolute atomic E-state index is 0.0795. The minimum atomic E-state index is -5.12. The number of halogens is 3. The van der Waals surface area contributed by atoms with Gasteiger partial charge in [-0.1, -0.05) is 42.0 Å². The molecule has 0 radical (unpaired) electrons. The van der Waals surface area contributed by atoms with E-state index >= 15 is 0 Å². The van der Waals surface area contributed by atoms with E-state index in [1.54, 1.807) is 41.7 Å². The van der Waals surface area contributed by atoms with Crippen LogP contribution in [0.25, 0.3) is 22.3 Å². The fourth-order valence-corrected chi connectivity index (χ4v) is 2.35. The first-order chi connectivity index (χ1) is 11.8. The van der Waals surface area contributed by atoms with Gasteiger partial charge in [-0.15, -0.1) is 0 Å². The molecule has 3 rings (SSSR count). The first-order valence-electron chi connectivity index (χ1n) is 7.28. The Morgan fingerprint density at radius 3 is 2.32 bits per heavy atom. The number of carbonyl (C=O) groups excluding carboxylic acids is 1. The average Bonchev–Trinajstić information content (AvgIpc) is 2.57. The predicted octanol–water partition coefficient (Wildman–Crippen LogP) is 4.27. The summed E-state index contributed by atoms with van der Waals surface area (Å²) in [5, 5.41) is 1.73. The van der Waals surface area contributed by atoms with E-state index in [0.717, 1.165) is 5.56 Å². The van der Waals surface area contributed by atoms with Crippen molar-refractivity contribution in [1.82, 2.24) is 0 Å². The fraction of sp³-hybridized carbons (Fsp3) is 0.111. The highest BCUT2D eigenvalue weighted by Gasteiger charge is 2.39. The van der Waals surface area contributed by atoms with Gasteiger partial charge in [-0.3, -0.25) is 9.59 Å². The van der Waals surface area contributed by atoms with Crippen molar-refractivity contribution in [3.05, 3.63) is 64.3 Å². The molecule has 3 aromatic rings. The Labute approximate surface area is 139 Å². The fourth-order valence-electron chi connectivity index (χ4n) is 2.35. The Morgan fingerprint density at radius 1 is 1.04 bits per heavy atom. The van der Waals surface area contributed by atoms with Gasteiger partial charge in [-0.2, -0.15) is 13.2 Å². The van der Waals surface area contributed by atoms with E-state index in [1.165, 1.54) is 12.1 Å². The van der Waals surface area contributed by atoms with E-state index in [-0.39, 0.29) is 16.7 Å². The van der Waals surface area contributed by atoms with Crippen LogP contribution in [0.1, 0.15) is 5.56 Å². The molecule has 0 aliphatic carbocycles. The number of aryl methyl sites for hydroxylation is 1. The first-order valence-corrected chi connectivity index (χ1v) is 7.28. The number of fused-ring (bicyclic) bond motifs is 1. The Morgan fingerprint density at radius 2 is 1.68 bits per heavy atom. The molecule has 4 nitrogen and oxygen atoms in total. The number of para-hydroxylation sites is 1. The number of alkyl halides is 3. The summed E-state index contributed by atoms with van der Waals surface area (Å²) in [4.78, 5) is 24.0. The van der Waals surface area contributed by atoms with Crippen molar-refractivity contribution >= 4 is 22.6 Å². The zero-order chi connectivity index (χ0) is 18.2. The monoisotopic (exact) mass is 347 g/mol. The molecule has 1 heterocycles. The standard InChI is InChI=1S/C18H12F3NO3/c1-10-6-8-11(9-7-10)16-14(22-17(24)18(19,20)21)15(23)12-4-2-3-5-13(12)25-16/h2-9H,1H3,(H,22,24). The van der Waals surface area contributed by atoms with Gasteiger partial charge in [0, 0.05) is 5.56 Å². The topological polar surface area (TPSA) is 59.3 Å². The summed E-state index contributed by atoms with van der Waals surface area (Å²) in [6, 6.07) is 12.8. The first kappa shape index (κ1) is 16.8. The van der Waals surface area contributed by atoms with E-state index in [9.17, 15) is 22.8 Å². The third kappa shape index (κ3) is 3.26. The van der Waals surface area contributed by atoms with Crippen LogP contribution in [0.2, 0.25) is 0 Å². The molecule has 0 spiro atoms. The molecule has 7 heteroatoms. The van der Waals surface area contributed by atoms with Gasteiger partial charge in [0.25, 0.3) is 0 Å². The summed E-state index contributed by atoms with van der Waals surface area (Å²) >= 11 is 0. The van der Waals surface area contributed by atoms with Crippen LogP contribution < -0.4 is 10.7 Å². The molecular formula is C18H12F3NO3. The maximum absolute atomic E-state index is 12.6. The quantitative estimate of drug-likeness (QED) is 0.753. The van der Waals surface area contributed by atoms with E-state index in [2.05, 4.69) is 0 Å². The Hall–Kier alpha value is -3.09. The highest BCUT2D eigenvalue weighted by Crippen LogP contribution is 2.30. The normalized spacial score (nSPS) is 11.5. The molecule has 2 aromatic carbocycles. The van der Waals surface area contributed by atoms with Gasteiger partial charge in [-0.05, 0) is 19.1 Å². The Kier molecular flexibility index (Phi) is 4.08. The number of carbonyl (C=O) groups is 1. The molecule has 1 N–H and O–H groups in total. The average molecular weight is 347 g/mol. The van der Waals surface area contributed by atoms with E-state index in [4.69, 9.17) is 4.42 Å². The summed E-state index contributed by atoms with van der Waals surface area (Å²) in [6.45, 7) is 1.84. The van der Waals surface area contributed by atoms with Gasteiger partial charge < -0.3 is 9.73 Å². The lowest BCUT2D eigenvalue weighted by Gasteiger charge is -2.12. The highest BCUT2D eigenvalue weighted by atomic mass is 19.4. The number of amides is 1. The van der Waals surface area contributed by atoms with Gasteiger partial charge in [0.15, 0.2) is 5.76 Å².